The number of rotatable bonds is 0. The van der Waals surface area contributed by atoms with E-state index in [0.717, 1.165) is 0 Å². The van der Waals surface area contributed by atoms with Crippen molar-refractivity contribution in [3.8, 4) is 0 Å². The molecule has 0 aliphatic carbocycles. The Labute approximate surface area is 76.2 Å². The summed E-state index contributed by atoms with van der Waals surface area (Å²) >= 11 is -3.07. The molecule has 1 unspecified atom stereocenters. The lowest BCUT2D eigenvalue weighted by Gasteiger charge is -2.10. The van der Waals surface area contributed by atoms with E-state index in [1.54, 1.807) is 0 Å². The molecule has 0 amide bonds. The van der Waals surface area contributed by atoms with Gasteiger partial charge in [-0.25, -0.2) is 4.21 Å². The minimum absolute atomic E-state index is 1.33. The summed E-state index contributed by atoms with van der Waals surface area (Å²) in [4.78, 5) is -2.15. The summed E-state index contributed by atoms with van der Waals surface area (Å²) in [7, 11) is 0. The van der Waals surface area contributed by atoms with E-state index >= 15 is 0 Å². The van der Waals surface area contributed by atoms with Crippen LogP contribution in [-0.4, -0.2) is 23.2 Å². The number of hydrogen-bond donors (Lipinski definition) is 0. The maximum Gasteiger partial charge on any atom is 0.427 e. The molecule has 0 fully saturated rings. The Balaban J connectivity index is 3.23. The molecule has 2 nitrogen and oxygen atoms in total. The summed E-state index contributed by atoms with van der Waals surface area (Å²) in [6, 6.07) is 0. The topological polar surface area (TPSA) is 26.3 Å². The van der Waals surface area contributed by atoms with Crippen molar-refractivity contribution in [1.82, 2.24) is 0 Å². The summed E-state index contributed by atoms with van der Waals surface area (Å²) in [5, 5.41) is 0. The van der Waals surface area contributed by atoms with E-state index in [0.29, 0.717) is 0 Å². The van der Waals surface area contributed by atoms with Crippen LogP contribution in [0.25, 0.3) is 0 Å². The van der Waals surface area contributed by atoms with Gasteiger partial charge in [-0.2, -0.15) is 26.3 Å². The van der Waals surface area contributed by atoms with Crippen LogP contribution in [0.2, 0.25) is 0 Å². The maximum atomic E-state index is 12.0. The minimum Gasteiger partial charge on any atom is -0.282 e. The van der Waals surface area contributed by atoms with E-state index in [4.69, 9.17) is 0 Å². The largest absolute Gasteiger partial charge is 0.427 e. The number of alkyl halides is 6. The highest BCUT2D eigenvalue weighted by molar-refractivity contribution is 7.84. The molecule has 82 valence electrons. The standard InChI is InChI=1S/C5H2F6O2S/c6-4(7,8)2-1-13-14(12)3(2)5(9,10)11/h1H2. The van der Waals surface area contributed by atoms with Gasteiger partial charge in [0.25, 0.3) is 0 Å². The highest BCUT2D eigenvalue weighted by atomic mass is 32.2. The Morgan fingerprint density at radius 3 is 1.86 bits per heavy atom. The van der Waals surface area contributed by atoms with Crippen LogP contribution in [0.1, 0.15) is 0 Å². The van der Waals surface area contributed by atoms with E-state index < -0.39 is 40.5 Å². The Hall–Kier alpha value is -0.570. The lowest BCUT2D eigenvalue weighted by molar-refractivity contribution is -0.110. The van der Waals surface area contributed by atoms with Crippen molar-refractivity contribution >= 4 is 11.1 Å². The third kappa shape index (κ3) is 2.08. The van der Waals surface area contributed by atoms with E-state index in [1.807, 2.05) is 0 Å². The van der Waals surface area contributed by atoms with Crippen molar-refractivity contribution in [2.24, 2.45) is 0 Å². The summed E-state index contributed by atoms with van der Waals surface area (Å²) in [5.74, 6) is 0. The second kappa shape index (κ2) is 3.23. The molecule has 14 heavy (non-hydrogen) atoms. The molecule has 0 spiro atoms. The first kappa shape index (κ1) is 11.5. The first-order valence-corrected chi connectivity index (χ1v) is 4.14. The zero-order valence-electron chi connectivity index (χ0n) is 6.20. The lowest BCUT2D eigenvalue weighted by Crippen LogP contribution is -2.21. The van der Waals surface area contributed by atoms with Crippen molar-refractivity contribution in [3.05, 3.63) is 10.5 Å². The molecule has 0 radical (unpaired) electrons. The zero-order valence-corrected chi connectivity index (χ0v) is 7.02. The second-order valence-electron chi connectivity index (χ2n) is 2.30. The number of allylic oxidation sites excluding steroid dienone is 1. The summed E-state index contributed by atoms with van der Waals surface area (Å²) in [6.45, 7) is -1.33. The van der Waals surface area contributed by atoms with Gasteiger partial charge in [0, 0.05) is 0 Å². The van der Waals surface area contributed by atoms with Crippen LogP contribution in [0.5, 0.6) is 0 Å². The average molecular weight is 240 g/mol. The van der Waals surface area contributed by atoms with Gasteiger partial charge in [-0.3, -0.25) is 4.18 Å². The van der Waals surface area contributed by atoms with Crippen molar-refractivity contribution in [2.45, 2.75) is 12.4 Å². The molecule has 0 bridgehead atoms. The van der Waals surface area contributed by atoms with Gasteiger partial charge in [-0.15, -0.1) is 0 Å². The van der Waals surface area contributed by atoms with E-state index in [1.165, 1.54) is 0 Å². The van der Waals surface area contributed by atoms with E-state index in [-0.39, 0.29) is 0 Å². The fraction of sp³-hybridized carbons (Fsp3) is 0.600. The maximum absolute atomic E-state index is 12.0. The molecule has 0 saturated heterocycles. The third-order valence-electron chi connectivity index (χ3n) is 1.35. The minimum atomic E-state index is -5.29. The van der Waals surface area contributed by atoms with Crippen molar-refractivity contribution < 1.29 is 34.7 Å². The zero-order chi connectivity index (χ0) is 11.1. The fourth-order valence-electron chi connectivity index (χ4n) is 0.814. The van der Waals surface area contributed by atoms with Crippen LogP contribution in [0.3, 0.4) is 0 Å². The molecule has 9 heteroatoms. The predicted octanol–water partition coefficient (Wildman–Crippen LogP) is 2.06. The third-order valence-corrected chi connectivity index (χ3v) is 2.49. The summed E-state index contributed by atoms with van der Waals surface area (Å²) in [6.07, 6.45) is -10.5. The van der Waals surface area contributed by atoms with Gasteiger partial charge < -0.3 is 0 Å². The first-order chi connectivity index (χ1) is 6.14. The van der Waals surface area contributed by atoms with Gasteiger partial charge in [-0.05, 0) is 0 Å². The Morgan fingerprint density at radius 1 is 1.07 bits per heavy atom. The van der Waals surface area contributed by atoms with Crippen LogP contribution in [0.4, 0.5) is 26.3 Å². The molecule has 1 atom stereocenters. The molecule has 0 aromatic carbocycles. The van der Waals surface area contributed by atoms with Gasteiger partial charge in [0.1, 0.15) is 0 Å². The molecular weight excluding hydrogens is 238 g/mol. The average Bonchev–Trinajstić information content (AvgIpc) is 2.27. The quantitative estimate of drug-likeness (QED) is 0.606. The fourth-order valence-corrected chi connectivity index (χ4v) is 1.72. The van der Waals surface area contributed by atoms with Crippen molar-refractivity contribution in [3.63, 3.8) is 0 Å². The Morgan fingerprint density at radius 2 is 1.57 bits per heavy atom. The van der Waals surface area contributed by atoms with Crippen LogP contribution < -0.4 is 0 Å². The SMILES string of the molecule is O=S1OCC(C(F)(F)F)=C1C(F)(F)F. The number of halogens is 6. The van der Waals surface area contributed by atoms with Crippen LogP contribution in [0, 0.1) is 0 Å². The van der Waals surface area contributed by atoms with Gasteiger partial charge in [0.05, 0.1) is 12.2 Å². The molecule has 1 heterocycles. The summed E-state index contributed by atoms with van der Waals surface area (Å²) < 4.78 is 86.0. The number of hydrogen-bond acceptors (Lipinski definition) is 2. The molecule has 0 saturated carbocycles. The molecule has 0 N–H and O–H groups in total. The monoisotopic (exact) mass is 240 g/mol. The molecular formula is C5H2F6O2S. The Kier molecular flexibility index (Phi) is 2.65. The summed E-state index contributed by atoms with van der Waals surface area (Å²) in [5.41, 5.74) is -1.93. The van der Waals surface area contributed by atoms with E-state index in [2.05, 4.69) is 4.18 Å². The van der Waals surface area contributed by atoms with Crippen molar-refractivity contribution in [2.75, 3.05) is 6.61 Å². The molecule has 0 aromatic rings. The highest BCUT2D eigenvalue weighted by Crippen LogP contribution is 2.41. The van der Waals surface area contributed by atoms with Gasteiger partial charge >= 0.3 is 12.4 Å². The molecule has 1 aliphatic heterocycles. The van der Waals surface area contributed by atoms with Crippen LogP contribution in [0.15, 0.2) is 10.5 Å². The lowest BCUT2D eigenvalue weighted by atomic mass is 10.2. The van der Waals surface area contributed by atoms with Crippen LogP contribution >= 0.6 is 0 Å². The van der Waals surface area contributed by atoms with Crippen molar-refractivity contribution in [1.29, 1.82) is 0 Å². The normalized spacial score (nSPS) is 24.6. The van der Waals surface area contributed by atoms with Gasteiger partial charge in [0.15, 0.2) is 16.0 Å². The van der Waals surface area contributed by atoms with E-state index in [9.17, 15) is 30.6 Å². The first-order valence-electron chi connectivity index (χ1n) is 3.06. The highest BCUT2D eigenvalue weighted by Gasteiger charge is 2.52. The van der Waals surface area contributed by atoms with Gasteiger partial charge in [0.2, 0.25) is 0 Å². The predicted molar refractivity (Wildman–Crippen MR) is 33.2 cm³/mol. The Bertz CT molecular complexity index is 300. The molecule has 0 aromatic heterocycles. The smallest absolute Gasteiger partial charge is 0.282 e. The van der Waals surface area contributed by atoms with Crippen LogP contribution in [-0.2, 0) is 15.3 Å². The molecule has 1 rings (SSSR count). The molecule has 1 aliphatic rings. The second-order valence-corrected chi connectivity index (χ2v) is 3.41. The van der Waals surface area contributed by atoms with Gasteiger partial charge in [-0.1, -0.05) is 0 Å².